The number of esters is 4. The predicted octanol–water partition coefficient (Wildman–Crippen LogP) is 1.11. The lowest BCUT2D eigenvalue weighted by atomic mass is 9.57. The number of cyclic esters (lactones) is 1. The summed E-state index contributed by atoms with van der Waals surface area (Å²) in [6.07, 6.45) is 5.33. The van der Waals surface area contributed by atoms with Gasteiger partial charge in [0.25, 0.3) is 0 Å². The summed E-state index contributed by atoms with van der Waals surface area (Å²) in [4.78, 5) is 62.3. The van der Waals surface area contributed by atoms with Gasteiger partial charge in [-0.25, -0.2) is 19.2 Å². The zero-order valence-corrected chi connectivity index (χ0v) is 32.7. The number of carboxylic acids is 1. The summed E-state index contributed by atoms with van der Waals surface area (Å²) in [6, 6.07) is 0. The van der Waals surface area contributed by atoms with Crippen molar-refractivity contribution in [3.05, 3.63) is 47.6 Å². The van der Waals surface area contributed by atoms with Crippen LogP contribution in [0, 0.1) is 29.6 Å². The van der Waals surface area contributed by atoms with Crippen molar-refractivity contribution in [2.75, 3.05) is 33.4 Å². The molecule has 0 amide bonds. The van der Waals surface area contributed by atoms with Crippen LogP contribution in [0.3, 0.4) is 0 Å². The SMILES string of the molecule is CO[C@H]1C[C@H]2C=CC3C4[C@H](O)[C@@H](C)[C@@H](OC(=O)C5=CC=CC5)[C@@H]3O[C@]42/C(C)=C/[C@@H](C)[C@@H]([C@@H](C)OC(=O)C(=O)OCC[NH+]2CCCCC2)OC1=O.O=C([O-])C(F)(F)F. The molecule has 1 saturated carbocycles. The van der Waals surface area contributed by atoms with Crippen LogP contribution in [0.1, 0.15) is 59.8 Å². The molecule has 3 fully saturated rings. The van der Waals surface area contributed by atoms with Gasteiger partial charge in [0.1, 0.15) is 49.1 Å². The predicted molar refractivity (Wildman–Crippen MR) is 189 cm³/mol. The van der Waals surface area contributed by atoms with E-state index in [-0.39, 0.29) is 30.8 Å². The van der Waals surface area contributed by atoms with Crippen LogP contribution in [-0.4, -0.2) is 117 Å². The van der Waals surface area contributed by atoms with E-state index >= 15 is 0 Å². The number of ether oxygens (including phenoxy) is 6. The first kappa shape index (κ1) is 44.1. The minimum Gasteiger partial charge on any atom is -0.542 e. The fourth-order valence-corrected chi connectivity index (χ4v) is 9.22. The maximum absolute atomic E-state index is 13.7. The zero-order valence-electron chi connectivity index (χ0n) is 32.7. The summed E-state index contributed by atoms with van der Waals surface area (Å²) in [5, 5.41) is 20.7. The molecule has 3 aliphatic carbocycles. The monoisotopic (exact) mass is 811 g/mol. The highest BCUT2D eigenvalue weighted by Gasteiger charge is 2.69. The molecule has 3 aliphatic heterocycles. The van der Waals surface area contributed by atoms with Gasteiger partial charge in [0.2, 0.25) is 0 Å². The minimum atomic E-state index is -5.19. The summed E-state index contributed by atoms with van der Waals surface area (Å²) in [5.41, 5.74) is 0.327. The van der Waals surface area contributed by atoms with E-state index < -0.39 is 90.1 Å². The second-order valence-electron chi connectivity index (χ2n) is 15.7. The second kappa shape index (κ2) is 18.2. The Balaban J connectivity index is 0.000000811. The lowest BCUT2D eigenvalue weighted by molar-refractivity contribution is -0.905. The number of carbonyl (C=O) groups is 5. The molecule has 6 rings (SSSR count). The molecule has 4 bridgehead atoms. The van der Waals surface area contributed by atoms with Gasteiger partial charge in [0.15, 0.2) is 6.10 Å². The van der Waals surface area contributed by atoms with Crippen molar-refractivity contribution in [2.45, 2.75) is 108 Å². The van der Waals surface area contributed by atoms with Crippen LogP contribution in [0.25, 0.3) is 0 Å². The van der Waals surface area contributed by atoms with Crippen LogP contribution >= 0.6 is 0 Å². The van der Waals surface area contributed by atoms with E-state index in [1.807, 2.05) is 51.2 Å². The summed E-state index contributed by atoms with van der Waals surface area (Å²) in [7, 11) is 1.43. The number of alkyl halides is 3. The average molecular weight is 812 g/mol. The topological polar surface area (TPSA) is 188 Å². The molecule has 12 atom stereocenters. The molecule has 6 aliphatic rings. The molecular formula is C40H52F3NO13. The van der Waals surface area contributed by atoms with Crippen molar-refractivity contribution in [3.63, 3.8) is 0 Å². The molecule has 3 heterocycles. The number of likely N-dealkylation sites (tertiary alicyclic amines) is 1. The number of piperidine rings is 1. The van der Waals surface area contributed by atoms with Crippen LogP contribution in [0.5, 0.6) is 0 Å². The first-order valence-corrected chi connectivity index (χ1v) is 19.4. The molecular weight excluding hydrogens is 759 g/mol. The summed E-state index contributed by atoms with van der Waals surface area (Å²) in [5.74, 6) is -8.22. The molecule has 2 unspecified atom stereocenters. The number of halogens is 3. The Morgan fingerprint density at radius 1 is 1.11 bits per heavy atom. The highest BCUT2D eigenvalue weighted by atomic mass is 19.4. The smallest absolute Gasteiger partial charge is 0.430 e. The van der Waals surface area contributed by atoms with E-state index in [0.717, 1.165) is 31.5 Å². The Morgan fingerprint density at radius 3 is 2.40 bits per heavy atom. The fraction of sp³-hybridized carbons (Fsp3) is 0.675. The van der Waals surface area contributed by atoms with Crippen molar-refractivity contribution in [2.24, 2.45) is 29.6 Å². The Morgan fingerprint density at radius 2 is 1.79 bits per heavy atom. The maximum atomic E-state index is 13.7. The molecule has 316 valence electrons. The average Bonchev–Trinajstić information content (AvgIpc) is 3.77. The van der Waals surface area contributed by atoms with Crippen LogP contribution in [0.2, 0.25) is 0 Å². The molecule has 0 aromatic heterocycles. The molecule has 0 radical (unpaired) electrons. The molecule has 0 aromatic carbocycles. The number of rotatable bonds is 8. The van der Waals surface area contributed by atoms with Crippen molar-refractivity contribution in [3.8, 4) is 0 Å². The molecule has 2 N–H and O–H groups in total. The van der Waals surface area contributed by atoms with Gasteiger partial charge < -0.3 is 48.3 Å². The largest absolute Gasteiger partial charge is 0.542 e. The van der Waals surface area contributed by atoms with Gasteiger partial charge in [-0.05, 0) is 51.5 Å². The zero-order chi connectivity index (χ0) is 41.8. The Bertz CT molecular complexity index is 1650. The van der Waals surface area contributed by atoms with Crippen LogP contribution in [0.15, 0.2) is 47.6 Å². The number of aliphatic hydroxyl groups is 1. The number of nitrogens with one attached hydrogen (secondary N) is 1. The van der Waals surface area contributed by atoms with E-state index in [1.165, 1.54) is 18.4 Å². The number of quaternary nitrogens is 1. The third kappa shape index (κ3) is 9.47. The van der Waals surface area contributed by atoms with E-state index in [9.17, 15) is 37.5 Å². The second-order valence-corrected chi connectivity index (χ2v) is 15.7. The van der Waals surface area contributed by atoms with Gasteiger partial charge in [-0.3, -0.25) is 0 Å². The Labute approximate surface area is 329 Å². The number of carboxylic acid groups (broad SMARTS) is 1. The molecule has 14 nitrogen and oxygen atoms in total. The van der Waals surface area contributed by atoms with Gasteiger partial charge in [-0.2, -0.15) is 13.2 Å². The van der Waals surface area contributed by atoms with E-state index in [0.29, 0.717) is 18.5 Å². The van der Waals surface area contributed by atoms with E-state index in [2.05, 4.69) is 0 Å². The number of methoxy groups -OCH3 is 1. The third-order valence-corrected chi connectivity index (χ3v) is 12.1. The van der Waals surface area contributed by atoms with Crippen molar-refractivity contribution in [1.29, 1.82) is 0 Å². The highest BCUT2D eigenvalue weighted by molar-refractivity contribution is 6.29. The Kier molecular flexibility index (Phi) is 14.1. The Hall–Kier alpha value is -4.06. The summed E-state index contributed by atoms with van der Waals surface area (Å²) >= 11 is 0. The van der Waals surface area contributed by atoms with Gasteiger partial charge in [0, 0.05) is 42.3 Å². The fourth-order valence-electron chi connectivity index (χ4n) is 9.22. The van der Waals surface area contributed by atoms with Crippen molar-refractivity contribution < 1.29 is 80.7 Å². The summed E-state index contributed by atoms with van der Waals surface area (Å²) in [6.45, 7) is 10.0. The quantitative estimate of drug-likeness (QED) is 0.154. The summed E-state index contributed by atoms with van der Waals surface area (Å²) < 4.78 is 67.1. The molecule has 0 aromatic rings. The molecule has 1 spiro atoms. The van der Waals surface area contributed by atoms with E-state index in [1.54, 1.807) is 13.0 Å². The number of hydrogen-bond acceptors (Lipinski definition) is 13. The van der Waals surface area contributed by atoms with Crippen molar-refractivity contribution in [1.82, 2.24) is 0 Å². The number of allylic oxidation sites excluding steroid dienone is 3. The van der Waals surface area contributed by atoms with Gasteiger partial charge in [-0.15, -0.1) is 0 Å². The van der Waals surface area contributed by atoms with Crippen LogP contribution in [-0.2, 0) is 52.4 Å². The normalized spacial score (nSPS) is 36.2. The molecule has 2 saturated heterocycles. The molecule has 17 heteroatoms. The number of aliphatic carboxylic acids is 1. The number of hydrogen-bond donors (Lipinski definition) is 2. The van der Waals surface area contributed by atoms with Crippen LogP contribution < -0.4 is 10.0 Å². The molecule has 57 heavy (non-hydrogen) atoms. The highest BCUT2D eigenvalue weighted by Crippen LogP contribution is 2.61. The van der Waals surface area contributed by atoms with Crippen molar-refractivity contribution >= 4 is 29.8 Å². The first-order chi connectivity index (χ1) is 26.9. The third-order valence-electron chi connectivity index (χ3n) is 12.1. The van der Waals surface area contributed by atoms with Gasteiger partial charge in [0.05, 0.1) is 19.2 Å². The lowest BCUT2D eigenvalue weighted by Crippen LogP contribution is -3.13. The number of aliphatic hydroxyl groups excluding tert-OH is 1. The minimum absolute atomic E-state index is 0.115. The lowest BCUT2D eigenvalue weighted by Gasteiger charge is -2.49. The van der Waals surface area contributed by atoms with Gasteiger partial charge >= 0.3 is 30.1 Å². The number of carbonyl (C=O) groups excluding carboxylic acids is 5. The van der Waals surface area contributed by atoms with Crippen LogP contribution in [0.4, 0.5) is 13.2 Å². The van der Waals surface area contributed by atoms with E-state index in [4.69, 9.17) is 38.3 Å². The first-order valence-electron chi connectivity index (χ1n) is 19.4. The standard InChI is InChI=1S/C38H51NO11.C2HF3O2/c1-21-19-22(2)38-26(13-14-27-29(38)30(40)23(3)32(33(27)50-38)49-34(41)25-11-7-8-12-25)20-28(45-5)35(42)48-31(21)24(4)47-37(44)36(43)46-18-17-39-15-9-6-10-16-39;3-2(4,5)1(6)7/h7-8,11,13-14,19,21,23-24,26-33,40H,6,9-10,12,15-18,20H2,1-5H3;(H,6,7)/b22-19+;/t21-,23-,24-,26-,27?,28+,29?,30-,31+,32-,33-,38+;/m1./s1. The maximum Gasteiger partial charge on any atom is 0.430 e. The van der Waals surface area contributed by atoms with Gasteiger partial charge in [-0.1, -0.05) is 50.3 Å².